The van der Waals surface area contributed by atoms with E-state index in [-0.39, 0.29) is 11.9 Å². The molecule has 18 heavy (non-hydrogen) atoms. The van der Waals surface area contributed by atoms with Gasteiger partial charge in [-0.1, -0.05) is 13.0 Å². The molecule has 2 N–H and O–H groups in total. The lowest BCUT2D eigenvalue weighted by Gasteiger charge is -2.25. The van der Waals surface area contributed by atoms with Crippen LogP contribution in [0, 0.1) is 0 Å². The highest BCUT2D eigenvalue weighted by Gasteiger charge is 2.21. The van der Waals surface area contributed by atoms with Crippen molar-refractivity contribution >= 4 is 11.6 Å². The number of nitrogen functional groups attached to an aromatic ring is 1. The van der Waals surface area contributed by atoms with E-state index >= 15 is 0 Å². The van der Waals surface area contributed by atoms with Crippen molar-refractivity contribution in [3.63, 3.8) is 0 Å². The van der Waals surface area contributed by atoms with Gasteiger partial charge in [0.1, 0.15) is 0 Å². The van der Waals surface area contributed by atoms with E-state index in [0.29, 0.717) is 23.6 Å². The zero-order valence-electron chi connectivity index (χ0n) is 11.6. The lowest BCUT2D eigenvalue weighted by atomic mass is 10.1. The second kappa shape index (κ2) is 6.28. The van der Waals surface area contributed by atoms with Crippen molar-refractivity contribution in [1.82, 2.24) is 4.90 Å². The molecule has 1 amide bonds. The predicted octanol–water partition coefficient (Wildman–Crippen LogP) is 2.54. The van der Waals surface area contributed by atoms with E-state index in [0.717, 1.165) is 6.42 Å². The molecule has 0 radical (unpaired) electrons. The van der Waals surface area contributed by atoms with Crippen molar-refractivity contribution in [2.24, 2.45) is 0 Å². The Morgan fingerprint density at radius 3 is 2.67 bits per heavy atom. The van der Waals surface area contributed by atoms with Crippen LogP contribution in [0.3, 0.4) is 0 Å². The number of rotatable bonds is 5. The lowest BCUT2D eigenvalue weighted by Crippen LogP contribution is -2.34. The van der Waals surface area contributed by atoms with Gasteiger partial charge in [-0.05, 0) is 32.4 Å². The molecule has 4 nitrogen and oxygen atoms in total. The van der Waals surface area contributed by atoms with Crippen LogP contribution in [0.5, 0.6) is 5.75 Å². The third-order valence-electron chi connectivity index (χ3n) is 3.14. The molecule has 0 fully saturated rings. The molecule has 0 aromatic heterocycles. The summed E-state index contributed by atoms with van der Waals surface area (Å²) in [5.41, 5.74) is 6.89. The van der Waals surface area contributed by atoms with Gasteiger partial charge in [0.25, 0.3) is 5.91 Å². The molecule has 1 unspecified atom stereocenters. The Balaban J connectivity index is 3.08. The van der Waals surface area contributed by atoms with Gasteiger partial charge in [0, 0.05) is 13.1 Å². The van der Waals surface area contributed by atoms with E-state index in [1.807, 2.05) is 13.8 Å². The number of nitrogens with zero attached hydrogens (tertiary/aromatic N) is 1. The average molecular weight is 250 g/mol. The van der Waals surface area contributed by atoms with Crippen molar-refractivity contribution < 1.29 is 9.53 Å². The van der Waals surface area contributed by atoms with Crippen molar-refractivity contribution in [3.05, 3.63) is 23.8 Å². The van der Waals surface area contributed by atoms with Crippen LogP contribution < -0.4 is 10.5 Å². The number of amides is 1. The third-order valence-corrected chi connectivity index (χ3v) is 3.14. The minimum absolute atomic E-state index is 0.0555. The van der Waals surface area contributed by atoms with Crippen LogP contribution in [0.4, 0.5) is 5.69 Å². The number of hydrogen-bond donors (Lipinski definition) is 1. The van der Waals surface area contributed by atoms with Crippen LogP contribution in [0.1, 0.15) is 37.6 Å². The zero-order valence-corrected chi connectivity index (χ0v) is 11.6. The summed E-state index contributed by atoms with van der Waals surface area (Å²) >= 11 is 0. The van der Waals surface area contributed by atoms with Gasteiger partial charge in [-0.3, -0.25) is 4.79 Å². The van der Waals surface area contributed by atoms with Crippen LogP contribution in [0.25, 0.3) is 0 Å². The van der Waals surface area contributed by atoms with Crippen molar-refractivity contribution in [2.45, 2.75) is 33.2 Å². The Bertz CT molecular complexity index is 418. The van der Waals surface area contributed by atoms with Gasteiger partial charge in [-0.15, -0.1) is 0 Å². The Hall–Kier alpha value is -1.71. The topological polar surface area (TPSA) is 55.6 Å². The van der Waals surface area contributed by atoms with Crippen molar-refractivity contribution in [2.75, 3.05) is 19.4 Å². The Labute approximate surface area is 109 Å². The normalized spacial score (nSPS) is 12.0. The fraction of sp³-hybridized carbons (Fsp3) is 0.500. The van der Waals surface area contributed by atoms with Crippen LogP contribution in [-0.2, 0) is 0 Å². The SMILES string of the molecule is CCOc1c(N)cccc1C(=O)N(C)C(C)CC. The Morgan fingerprint density at radius 2 is 2.11 bits per heavy atom. The molecule has 0 saturated carbocycles. The van der Waals surface area contributed by atoms with E-state index in [9.17, 15) is 4.79 Å². The molecule has 100 valence electrons. The molecule has 0 spiro atoms. The summed E-state index contributed by atoms with van der Waals surface area (Å²) in [4.78, 5) is 14.1. The number of hydrogen-bond acceptors (Lipinski definition) is 3. The van der Waals surface area contributed by atoms with Gasteiger partial charge in [0.15, 0.2) is 5.75 Å². The molecular formula is C14H22N2O2. The smallest absolute Gasteiger partial charge is 0.257 e. The minimum Gasteiger partial charge on any atom is -0.491 e. The number of anilines is 1. The predicted molar refractivity (Wildman–Crippen MR) is 73.9 cm³/mol. The molecule has 1 aromatic carbocycles. The molecule has 1 atom stereocenters. The molecule has 0 aliphatic carbocycles. The quantitative estimate of drug-likeness (QED) is 0.817. The van der Waals surface area contributed by atoms with Gasteiger partial charge in [-0.25, -0.2) is 0 Å². The fourth-order valence-corrected chi connectivity index (χ4v) is 1.69. The summed E-state index contributed by atoms with van der Waals surface area (Å²) in [6.07, 6.45) is 0.911. The molecule has 1 rings (SSSR count). The van der Waals surface area contributed by atoms with Gasteiger partial charge in [0.05, 0.1) is 17.9 Å². The van der Waals surface area contributed by atoms with Crippen LogP contribution in [-0.4, -0.2) is 30.5 Å². The number of ether oxygens (including phenoxy) is 1. The summed E-state index contributed by atoms with van der Waals surface area (Å²) in [7, 11) is 1.80. The monoisotopic (exact) mass is 250 g/mol. The fourth-order valence-electron chi connectivity index (χ4n) is 1.69. The second-order valence-electron chi connectivity index (χ2n) is 4.33. The third kappa shape index (κ3) is 2.94. The molecule has 1 aromatic rings. The van der Waals surface area contributed by atoms with Gasteiger partial charge >= 0.3 is 0 Å². The van der Waals surface area contributed by atoms with Crippen molar-refractivity contribution in [1.29, 1.82) is 0 Å². The maximum Gasteiger partial charge on any atom is 0.257 e. The largest absolute Gasteiger partial charge is 0.491 e. The summed E-state index contributed by atoms with van der Waals surface area (Å²) < 4.78 is 5.48. The summed E-state index contributed by atoms with van der Waals surface area (Å²) in [5.74, 6) is 0.431. The number of nitrogens with two attached hydrogens (primary N) is 1. The van der Waals surface area contributed by atoms with E-state index in [4.69, 9.17) is 10.5 Å². The minimum atomic E-state index is -0.0555. The van der Waals surface area contributed by atoms with Crippen molar-refractivity contribution in [3.8, 4) is 5.75 Å². The zero-order chi connectivity index (χ0) is 13.7. The van der Waals surface area contributed by atoms with Gasteiger partial charge in [0.2, 0.25) is 0 Å². The number of para-hydroxylation sites is 1. The Kier molecular flexibility index (Phi) is 5.01. The van der Waals surface area contributed by atoms with E-state index in [2.05, 4.69) is 6.92 Å². The van der Waals surface area contributed by atoms with Gasteiger partial charge in [-0.2, -0.15) is 0 Å². The summed E-state index contributed by atoms with van der Waals surface area (Å²) in [5, 5.41) is 0. The highest BCUT2D eigenvalue weighted by Crippen LogP contribution is 2.27. The van der Waals surface area contributed by atoms with Gasteiger partial charge < -0.3 is 15.4 Å². The second-order valence-corrected chi connectivity index (χ2v) is 4.33. The lowest BCUT2D eigenvalue weighted by molar-refractivity contribution is 0.0736. The summed E-state index contributed by atoms with van der Waals surface area (Å²) in [6, 6.07) is 5.46. The molecule has 0 aliphatic rings. The first kappa shape index (κ1) is 14.4. The molecule has 0 aliphatic heterocycles. The first-order valence-electron chi connectivity index (χ1n) is 6.31. The molecule has 0 saturated heterocycles. The van der Waals surface area contributed by atoms with Crippen LogP contribution in [0.2, 0.25) is 0 Å². The molecule has 0 heterocycles. The molecule has 0 bridgehead atoms. The highest BCUT2D eigenvalue weighted by molar-refractivity contribution is 5.98. The van der Waals surface area contributed by atoms with Crippen LogP contribution >= 0.6 is 0 Å². The average Bonchev–Trinajstić information content (AvgIpc) is 2.38. The maximum atomic E-state index is 12.4. The standard InChI is InChI=1S/C14H22N2O2/c1-5-10(3)16(4)14(17)11-8-7-9-12(15)13(11)18-6-2/h7-10H,5-6,15H2,1-4H3. The van der Waals surface area contributed by atoms with E-state index in [1.54, 1.807) is 30.1 Å². The highest BCUT2D eigenvalue weighted by atomic mass is 16.5. The summed E-state index contributed by atoms with van der Waals surface area (Å²) in [6.45, 7) is 6.43. The van der Waals surface area contributed by atoms with Crippen LogP contribution in [0.15, 0.2) is 18.2 Å². The molecular weight excluding hydrogens is 228 g/mol. The molecule has 4 heteroatoms. The Morgan fingerprint density at radius 1 is 1.44 bits per heavy atom. The van der Waals surface area contributed by atoms with E-state index < -0.39 is 0 Å². The number of benzene rings is 1. The first-order chi connectivity index (χ1) is 8.52. The maximum absolute atomic E-state index is 12.4. The number of carbonyl (C=O) groups excluding carboxylic acids is 1. The van der Waals surface area contributed by atoms with E-state index in [1.165, 1.54) is 0 Å². The number of carbonyl (C=O) groups is 1. The first-order valence-corrected chi connectivity index (χ1v) is 6.31.